The molecule has 16 heavy (non-hydrogen) atoms. The average Bonchev–Trinajstić information content (AvgIpc) is 2.29. The summed E-state index contributed by atoms with van der Waals surface area (Å²) in [6.07, 6.45) is 0.726. The minimum Gasteiger partial charge on any atom is -0.377 e. The molecule has 0 atom stereocenters. The van der Waals surface area contributed by atoms with E-state index in [1.54, 1.807) is 0 Å². The summed E-state index contributed by atoms with van der Waals surface area (Å²) in [5.74, 6) is 0. The van der Waals surface area contributed by atoms with Crippen molar-refractivity contribution in [3.05, 3.63) is 35.9 Å². The molecule has 0 aliphatic rings. The molecule has 5 heteroatoms. The van der Waals surface area contributed by atoms with Crippen LogP contribution in [0, 0.1) is 0 Å². The smallest absolute Gasteiger partial charge is 0.356 e. The molecule has 1 aromatic rings. The maximum absolute atomic E-state index is 10.2. The van der Waals surface area contributed by atoms with Crippen LogP contribution in [0.25, 0.3) is 0 Å². The number of hydrogen-bond acceptors (Lipinski definition) is 3. The molecule has 86 valence electrons. The third kappa shape index (κ3) is 5.87. The number of carbonyl (C=O) groups excluding carboxylic acids is 1. The van der Waals surface area contributed by atoms with Crippen molar-refractivity contribution in [3.63, 3.8) is 0 Å². The fourth-order valence-corrected chi connectivity index (χ4v) is 1.12. The van der Waals surface area contributed by atoms with Crippen molar-refractivity contribution in [2.24, 2.45) is 16.0 Å². The van der Waals surface area contributed by atoms with Crippen LogP contribution in [-0.4, -0.2) is 19.2 Å². The summed E-state index contributed by atoms with van der Waals surface area (Å²) in [5, 5.41) is 6.77. The monoisotopic (exact) mass is 221 g/mol. The number of rotatable bonds is 6. The summed E-state index contributed by atoms with van der Waals surface area (Å²) in [6.45, 7) is 1.64. The molecular formula is C11H15N3O2. The van der Waals surface area contributed by atoms with E-state index in [4.69, 9.17) is 10.5 Å². The van der Waals surface area contributed by atoms with Gasteiger partial charge in [-0.05, 0) is 12.0 Å². The Morgan fingerprint density at radius 2 is 2.06 bits per heavy atom. The highest BCUT2D eigenvalue weighted by Crippen LogP contribution is 2.00. The van der Waals surface area contributed by atoms with E-state index in [1.165, 1.54) is 0 Å². The zero-order valence-corrected chi connectivity index (χ0v) is 9.00. The van der Waals surface area contributed by atoms with Gasteiger partial charge in [0.05, 0.1) is 13.2 Å². The Hall–Kier alpha value is -1.75. The second-order valence-electron chi connectivity index (χ2n) is 3.20. The van der Waals surface area contributed by atoms with Gasteiger partial charge in [-0.2, -0.15) is 5.11 Å². The second kappa shape index (κ2) is 7.53. The summed E-state index contributed by atoms with van der Waals surface area (Å²) in [7, 11) is 0. The predicted octanol–water partition coefficient (Wildman–Crippen LogP) is 2.12. The van der Waals surface area contributed by atoms with Gasteiger partial charge in [-0.3, -0.25) is 0 Å². The SMILES string of the molecule is NC(=O)N=NCCCOCc1ccccc1. The number of azo groups is 1. The first-order chi connectivity index (χ1) is 7.79. The van der Waals surface area contributed by atoms with E-state index in [0.29, 0.717) is 19.8 Å². The normalized spacial score (nSPS) is 10.8. The van der Waals surface area contributed by atoms with E-state index >= 15 is 0 Å². The van der Waals surface area contributed by atoms with Crippen molar-refractivity contribution in [1.82, 2.24) is 0 Å². The minimum atomic E-state index is -0.759. The summed E-state index contributed by atoms with van der Waals surface area (Å²) >= 11 is 0. The first kappa shape index (κ1) is 12.3. The lowest BCUT2D eigenvalue weighted by Gasteiger charge is -2.02. The molecule has 0 spiro atoms. The third-order valence-corrected chi connectivity index (χ3v) is 1.83. The van der Waals surface area contributed by atoms with Crippen LogP contribution < -0.4 is 5.73 Å². The highest BCUT2D eigenvalue weighted by atomic mass is 16.5. The van der Waals surface area contributed by atoms with Gasteiger partial charge < -0.3 is 10.5 Å². The van der Waals surface area contributed by atoms with Gasteiger partial charge >= 0.3 is 6.03 Å². The first-order valence-electron chi connectivity index (χ1n) is 5.07. The van der Waals surface area contributed by atoms with Gasteiger partial charge in [0, 0.05) is 6.61 Å². The van der Waals surface area contributed by atoms with E-state index < -0.39 is 6.03 Å². The Labute approximate surface area is 94.3 Å². The van der Waals surface area contributed by atoms with E-state index in [2.05, 4.69) is 10.2 Å². The van der Waals surface area contributed by atoms with Crippen molar-refractivity contribution in [1.29, 1.82) is 0 Å². The second-order valence-corrected chi connectivity index (χ2v) is 3.20. The zero-order valence-electron chi connectivity index (χ0n) is 9.00. The zero-order chi connectivity index (χ0) is 11.6. The third-order valence-electron chi connectivity index (χ3n) is 1.83. The molecule has 1 aromatic carbocycles. The Morgan fingerprint density at radius 3 is 2.75 bits per heavy atom. The topological polar surface area (TPSA) is 77.0 Å². The number of ether oxygens (including phenoxy) is 1. The van der Waals surface area contributed by atoms with Crippen molar-refractivity contribution in [3.8, 4) is 0 Å². The van der Waals surface area contributed by atoms with Crippen LogP contribution in [-0.2, 0) is 11.3 Å². The van der Waals surface area contributed by atoms with Crippen LogP contribution >= 0.6 is 0 Å². The molecule has 0 aliphatic carbocycles. The molecular weight excluding hydrogens is 206 g/mol. The van der Waals surface area contributed by atoms with Crippen molar-refractivity contribution in [2.45, 2.75) is 13.0 Å². The fourth-order valence-electron chi connectivity index (χ4n) is 1.12. The fraction of sp³-hybridized carbons (Fsp3) is 0.364. The molecule has 1 rings (SSSR count). The Kier molecular flexibility index (Phi) is 5.80. The van der Waals surface area contributed by atoms with Gasteiger partial charge in [0.2, 0.25) is 0 Å². The van der Waals surface area contributed by atoms with Gasteiger partial charge in [0.15, 0.2) is 0 Å². The number of nitrogens with zero attached hydrogens (tertiary/aromatic N) is 2. The van der Waals surface area contributed by atoms with Gasteiger partial charge in [-0.25, -0.2) is 4.79 Å². The molecule has 0 unspecified atom stereocenters. The first-order valence-corrected chi connectivity index (χ1v) is 5.07. The molecule has 2 N–H and O–H groups in total. The van der Waals surface area contributed by atoms with Crippen molar-refractivity contribution >= 4 is 6.03 Å². The van der Waals surface area contributed by atoms with Gasteiger partial charge in [0.1, 0.15) is 0 Å². The van der Waals surface area contributed by atoms with Crippen LogP contribution in [0.3, 0.4) is 0 Å². The van der Waals surface area contributed by atoms with Crippen LogP contribution in [0.2, 0.25) is 0 Å². The number of hydrogen-bond donors (Lipinski definition) is 1. The highest BCUT2D eigenvalue weighted by Gasteiger charge is 1.92. The van der Waals surface area contributed by atoms with Crippen LogP contribution in [0.4, 0.5) is 4.79 Å². The maximum Gasteiger partial charge on any atom is 0.356 e. The molecule has 0 saturated carbocycles. The Bertz CT molecular complexity index is 338. The van der Waals surface area contributed by atoms with Gasteiger partial charge in [-0.1, -0.05) is 35.4 Å². The highest BCUT2D eigenvalue weighted by molar-refractivity contribution is 5.71. The van der Waals surface area contributed by atoms with Crippen LogP contribution in [0.1, 0.15) is 12.0 Å². The molecule has 2 amide bonds. The number of carbonyl (C=O) groups is 1. The number of benzene rings is 1. The standard InChI is InChI=1S/C11H15N3O2/c12-11(15)14-13-7-4-8-16-9-10-5-2-1-3-6-10/h1-3,5-6H,4,7-9H2,(H2,12,15). The lowest BCUT2D eigenvalue weighted by molar-refractivity contribution is 0.120. The lowest BCUT2D eigenvalue weighted by Crippen LogP contribution is -2.03. The van der Waals surface area contributed by atoms with Gasteiger partial charge in [0.25, 0.3) is 0 Å². The van der Waals surface area contributed by atoms with E-state index in [1.807, 2.05) is 30.3 Å². The number of amides is 2. The molecule has 5 nitrogen and oxygen atoms in total. The molecule has 0 aliphatic heterocycles. The molecule has 0 heterocycles. The van der Waals surface area contributed by atoms with Crippen molar-refractivity contribution in [2.75, 3.05) is 13.2 Å². The number of primary amides is 1. The van der Waals surface area contributed by atoms with Crippen LogP contribution in [0.15, 0.2) is 40.6 Å². The van der Waals surface area contributed by atoms with Crippen LogP contribution in [0.5, 0.6) is 0 Å². The summed E-state index contributed by atoms with van der Waals surface area (Å²) in [4.78, 5) is 10.2. The quantitative estimate of drug-likeness (QED) is 0.590. The van der Waals surface area contributed by atoms with E-state index in [9.17, 15) is 4.79 Å². The maximum atomic E-state index is 10.2. The van der Waals surface area contributed by atoms with Gasteiger partial charge in [-0.15, -0.1) is 0 Å². The lowest BCUT2D eigenvalue weighted by atomic mass is 10.2. The average molecular weight is 221 g/mol. The molecule has 0 aromatic heterocycles. The molecule has 0 fully saturated rings. The minimum absolute atomic E-state index is 0.456. The predicted molar refractivity (Wildman–Crippen MR) is 60.0 cm³/mol. The molecule has 0 radical (unpaired) electrons. The number of urea groups is 1. The summed E-state index contributed by atoms with van der Waals surface area (Å²) in [5.41, 5.74) is 5.92. The number of nitrogens with two attached hydrogens (primary N) is 1. The van der Waals surface area contributed by atoms with Crippen molar-refractivity contribution < 1.29 is 9.53 Å². The largest absolute Gasteiger partial charge is 0.377 e. The van der Waals surface area contributed by atoms with E-state index in [-0.39, 0.29) is 0 Å². The summed E-state index contributed by atoms with van der Waals surface area (Å²) in [6, 6.07) is 9.16. The molecule has 0 bridgehead atoms. The Morgan fingerprint density at radius 1 is 1.31 bits per heavy atom. The van der Waals surface area contributed by atoms with E-state index in [0.717, 1.165) is 12.0 Å². The summed E-state index contributed by atoms with van der Waals surface area (Å²) < 4.78 is 5.41. The Balaban J connectivity index is 2.02. The molecule has 0 saturated heterocycles.